The first-order valence-corrected chi connectivity index (χ1v) is 8.75. The first-order chi connectivity index (χ1) is 13.1. The molecular weight excluding hydrogens is 338 g/mol. The molecular formula is C22H19N3O2. The molecule has 0 spiro atoms. The zero-order valence-corrected chi connectivity index (χ0v) is 15.2. The van der Waals surface area contributed by atoms with Gasteiger partial charge < -0.3 is 4.74 Å². The minimum atomic E-state index is 0.106. The second kappa shape index (κ2) is 7.03. The quantitative estimate of drug-likeness (QED) is 0.525. The van der Waals surface area contributed by atoms with E-state index in [2.05, 4.69) is 10.1 Å². The number of hydrogen-bond acceptors (Lipinski definition) is 4. The minimum absolute atomic E-state index is 0.106. The lowest BCUT2D eigenvalue weighted by molar-refractivity contribution is -0.116. The van der Waals surface area contributed by atoms with E-state index in [1.807, 2.05) is 67.7 Å². The number of Topliss-reactive ketones (excluding diaryl/α,β-unsaturated/α-hetero) is 1. The van der Waals surface area contributed by atoms with E-state index < -0.39 is 0 Å². The normalized spacial score (nSPS) is 10.9. The van der Waals surface area contributed by atoms with Crippen LogP contribution in [0.1, 0.15) is 12.5 Å². The predicted octanol–water partition coefficient (Wildman–Crippen LogP) is 4.56. The van der Waals surface area contributed by atoms with E-state index in [4.69, 9.17) is 4.74 Å². The highest BCUT2D eigenvalue weighted by atomic mass is 16.5. The van der Waals surface area contributed by atoms with Crippen molar-refractivity contribution in [2.24, 2.45) is 7.05 Å². The fraction of sp³-hybridized carbons (Fsp3) is 0.136. The molecule has 2 heterocycles. The summed E-state index contributed by atoms with van der Waals surface area (Å²) in [6.07, 6.45) is 2.10. The molecule has 0 aliphatic carbocycles. The molecule has 0 saturated carbocycles. The monoisotopic (exact) mass is 357 g/mol. The van der Waals surface area contributed by atoms with Crippen LogP contribution >= 0.6 is 0 Å². The fourth-order valence-corrected chi connectivity index (χ4v) is 3.13. The van der Waals surface area contributed by atoms with E-state index in [-0.39, 0.29) is 5.78 Å². The van der Waals surface area contributed by atoms with E-state index in [1.54, 1.807) is 17.8 Å². The summed E-state index contributed by atoms with van der Waals surface area (Å²) < 4.78 is 7.84. The first kappa shape index (κ1) is 17.0. The SMILES string of the molecule is CC(=O)Cc1cnc2c(c1)c(-c1ccccc1Oc1ccccc1)nn2C. The number of pyridine rings is 1. The van der Waals surface area contributed by atoms with Crippen molar-refractivity contribution in [3.8, 4) is 22.8 Å². The molecule has 0 aliphatic heterocycles. The van der Waals surface area contributed by atoms with Crippen LogP contribution in [0.3, 0.4) is 0 Å². The van der Waals surface area contributed by atoms with Gasteiger partial charge in [0, 0.05) is 30.6 Å². The van der Waals surface area contributed by atoms with Crippen molar-refractivity contribution in [3.63, 3.8) is 0 Å². The van der Waals surface area contributed by atoms with Gasteiger partial charge in [-0.3, -0.25) is 4.79 Å². The van der Waals surface area contributed by atoms with Crippen LogP contribution in [0.15, 0.2) is 66.9 Å². The molecule has 0 N–H and O–H groups in total. The number of para-hydroxylation sites is 2. The number of ketones is 1. The number of benzene rings is 2. The Hall–Kier alpha value is -3.47. The lowest BCUT2D eigenvalue weighted by Crippen LogP contribution is -1.97. The number of ether oxygens (including phenoxy) is 1. The van der Waals surface area contributed by atoms with Gasteiger partial charge in [0.1, 0.15) is 23.0 Å². The van der Waals surface area contributed by atoms with Crippen molar-refractivity contribution in [1.82, 2.24) is 14.8 Å². The molecule has 4 aromatic rings. The van der Waals surface area contributed by atoms with E-state index >= 15 is 0 Å². The van der Waals surface area contributed by atoms with Gasteiger partial charge in [0.2, 0.25) is 0 Å². The summed E-state index contributed by atoms with van der Waals surface area (Å²) in [5, 5.41) is 5.57. The minimum Gasteiger partial charge on any atom is -0.457 e. The predicted molar refractivity (Wildman–Crippen MR) is 105 cm³/mol. The molecule has 0 unspecified atom stereocenters. The Bertz CT molecular complexity index is 1120. The number of rotatable bonds is 5. The van der Waals surface area contributed by atoms with Crippen molar-refractivity contribution >= 4 is 16.8 Å². The van der Waals surface area contributed by atoms with Crippen LogP contribution in [-0.2, 0) is 18.3 Å². The Morgan fingerprint density at radius 3 is 2.59 bits per heavy atom. The number of carbonyl (C=O) groups is 1. The summed E-state index contributed by atoms with van der Waals surface area (Å²) in [5.74, 6) is 1.59. The van der Waals surface area contributed by atoms with Gasteiger partial charge in [0.05, 0.1) is 0 Å². The summed E-state index contributed by atoms with van der Waals surface area (Å²) >= 11 is 0. The van der Waals surface area contributed by atoms with Crippen LogP contribution < -0.4 is 4.74 Å². The van der Waals surface area contributed by atoms with Gasteiger partial charge >= 0.3 is 0 Å². The van der Waals surface area contributed by atoms with Gasteiger partial charge in [-0.15, -0.1) is 0 Å². The number of aromatic nitrogens is 3. The summed E-state index contributed by atoms with van der Waals surface area (Å²) in [5.41, 5.74) is 3.32. The van der Waals surface area contributed by atoms with Crippen LogP contribution in [0.4, 0.5) is 0 Å². The molecule has 134 valence electrons. The Balaban J connectivity index is 1.84. The average Bonchev–Trinajstić information content (AvgIpc) is 2.98. The van der Waals surface area contributed by atoms with Crippen LogP contribution in [0.5, 0.6) is 11.5 Å². The number of aryl methyl sites for hydroxylation is 1. The van der Waals surface area contributed by atoms with Gasteiger partial charge in [-0.25, -0.2) is 9.67 Å². The van der Waals surface area contributed by atoms with Gasteiger partial charge in [-0.05, 0) is 42.8 Å². The summed E-state index contributed by atoms with van der Waals surface area (Å²) in [6.45, 7) is 1.58. The second-order valence-electron chi connectivity index (χ2n) is 6.48. The second-order valence-corrected chi connectivity index (χ2v) is 6.48. The smallest absolute Gasteiger partial charge is 0.158 e. The van der Waals surface area contributed by atoms with E-state index in [0.29, 0.717) is 6.42 Å². The third-order valence-corrected chi connectivity index (χ3v) is 4.30. The Kier molecular flexibility index (Phi) is 4.42. The van der Waals surface area contributed by atoms with Gasteiger partial charge in [0.15, 0.2) is 5.65 Å². The van der Waals surface area contributed by atoms with Crippen LogP contribution in [0, 0.1) is 0 Å². The highest BCUT2D eigenvalue weighted by Gasteiger charge is 2.17. The molecule has 2 aromatic carbocycles. The molecule has 0 amide bonds. The summed E-state index contributed by atoms with van der Waals surface area (Å²) in [4.78, 5) is 16.0. The van der Waals surface area contributed by atoms with Crippen LogP contribution in [-0.4, -0.2) is 20.5 Å². The highest BCUT2D eigenvalue weighted by molar-refractivity contribution is 5.93. The third kappa shape index (κ3) is 3.44. The molecule has 5 nitrogen and oxygen atoms in total. The molecule has 0 fully saturated rings. The maximum Gasteiger partial charge on any atom is 0.158 e. The average molecular weight is 357 g/mol. The van der Waals surface area contributed by atoms with E-state index in [1.165, 1.54) is 0 Å². The molecule has 0 radical (unpaired) electrons. The van der Waals surface area contributed by atoms with Gasteiger partial charge in [-0.1, -0.05) is 30.3 Å². The number of hydrogen-bond donors (Lipinski definition) is 0. The summed E-state index contributed by atoms with van der Waals surface area (Å²) in [7, 11) is 1.87. The molecule has 27 heavy (non-hydrogen) atoms. The molecule has 0 saturated heterocycles. The van der Waals surface area contributed by atoms with E-state index in [9.17, 15) is 4.79 Å². The Labute approximate surface area is 157 Å². The number of fused-ring (bicyclic) bond motifs is 1. The van der Waals surface area contributed by atoms with Crippen LogP contribution in [0.2, 0.25) is 0 Å². The number of nitrogens with zero attached hydrogens (tertiary/aromatic N) is 3. The van der Waals surface area contributed by atoms with E-state index in [0.717, 1.165) is 39.4 Å². The topological polar surface area (TPSA) is 57.0 Å². The standard InChI is InChI=1S/C22H19N3O2/c1-15(26)12-16-13-19-21(24-25(2)22(19)23-14-16)18-10-6-7-11-20(18)27-17-8-4-3-5-9-17/h3-11,13-14H,12H2,1-2H3. The van der Waals surface area contributed by atoms with Crippen molar-refractivity contribution < 1.29 is 9.53 Å². The Morgan fingerprint density at radius 2 is 1.81 bits per heavy atom. The lowest BCUT2D eigenvalue weighted by atomic mass is 10.1. The van der Waals surface area contributed by atoms with Crippen LogP contribution in [0.25, 0.3) is 22.3 Å². The van der Waals surface area contributed by atoms with Gasteiger partial charge in [0.25, 0.3) is 0 Å². The molecule has 0 atom stereocenters. The Morgan fingerprint density at radius 1 is 1.07 bits per heavy atom. The van der Waals surface area contributed by atoms with Gasteiger partial charge in [-0.2, -0.15) is 5.10 Å². The zero-order chi connectivity index (χ0) is 18.8. The van der Waals surface area contributed by atoms with Crippen molar-refractivity contribution in [3.05, 3.63) is 72.4 Å². The molecule has 4 rings (SSSR count). The molecule has 5 heteroatoms. The van der Waals surface area contributed by atoms with Crippen molar-refractivity contribution in [2.75, 3.05) is 0 Å². The molecule has 0 aliphatic rings. The molecule has 0 bridgehead atoms. The van der Waals surface area contributed by atoms with Crippen molar-refractivity contribution in [2.45, 2.75) is 13.3 Å². The van der Waals surface area contributed by atoms with Crippen molar-refractivity contribution in [1.29, 1.82) is 0 Å². The maximum atomic E-state index is 11.5. The molecule has 2 aromatic heterocycles. The number of carbonyl (C=O) groups excluding carboxylic acids is 1. The lowest BCUT2D eigenvalue weighted by Gasteiger charge is -2.10. The summed E-state index contributed by atoms with van der Waals surface area (Å²) in [6, 6.07) is 19.5. The third-order valence-electron chi connectivity index (χ3n) is 4.30. The largest absolute Gasteiger partial charge is 0.457 e. The maximum absolute atomic E-state index is 11.5. The first-order valence-electron chi connectivity index (χ1n) is 8.75. The highest BCUT2D eigenvalue weighted by Crippen LogP contribution is 2.36. The zero-order valence-electron chi connectivity index (χ0n) is 15.2. The fourth-order valence-electron chi connectivity index (χ4n) is 3.13.